The van der Waals surface area contributed by atoms with Crippen LogP contribution in [0.1, 0.15) is 11.6 Å². The van der Waals surface area contributed by atoms with Gasteiger partial charge in [0.2, 0.25) is 0 Å². The number of rotatable bonds is 3. The lowest BCUT2D eigenvalue weighted by Crippen LogP contribution is -2.36. The van der Waals surface area contributed by atoms with E-state index in [1.807, 2.05) is 6.07 Å². The van der Waals surface area contributed by atoms with Crippen LogP contribution in [0.25, 0.3) is 0 Å². The van der Waals surface area contributed by atoms with Crippen molar-refractivity contribution in [2.24, 2.45) is 5.73 Å². The molecule has 5 N–H and O–H groups in total. The molecule has 4 heteroatoms. The summed E-state index contributed by atoms with van der Waals surface area (Å²) < 4.78 is 0. The molecule has 0 spiro atoms. The second-order valence-electron chi connectivity index (χ2n) is 2.84. The summed E-state index contributed by atoms with van der Waals surface area (Å²) in [7, 11) is 0. The second kappa shape index (κ2) is 4.34. The van der Waals surface area contributed by atoms with Crippen molar-refractivity contribution < 1.29 is 15.3 Å². The van der Waals surface area contributed by atoms with Gasteiger partial charge < -0.3 is 21.1 Å². The van der Waals surface area contributed by atoms with Gasteiger partial charge in [0.15, 0.2) is 6.29 Å². The fourth-order valence-corrected chi connectivity index (χ4v) is 1.06. The smallest absolute Gasteiger partial charge is 0.180 e. The Kier molecular flexibility index (Phi) is 3.39. The molecule has 0 amide bonds. The van der Waals surface area contributed by atoms with Gasteiger partial charge in [-0.05, 0) is 5.56 Å². The summed E-state index contributed by atoms with van der Waals surface area (Å²) >= 11 is 0. The summed E-state index contributed by atoms with van der Waals surface area (Å²) in [5.74, 6) is 0. The second-order valence-corrected chi connectivity index (χ2v) is 2.84. The Bertz CT molecular complexity index is 250. The number of nitrogens with two attached hydrogens (primary N) is 1. The lowest BCUT2D eigenvalue weighted by molar-refractivity contribution is -0.129. The molecular formula is C9H13NO3. The molecule has 2 atom stereocenters. The van der Waals surface area contributed by atoms with E-state index >= 15 is 0 Å². The average Bonchev–Trinajstić information content (AvgIpc) is 2.17. The van der Waals surface area contributed by atoms with Crippen molar-refractivity contribution in [3.05, 3.63) is 35.9 Å². The van der Waals surface area contributed by atoms with Gasteiger partial charge in [-0.25, -0.2) is 0 Å². The van der Waals surface area contributed by atoms with Gasteiger partial charge in [-0.1, -0.05) is 30.3 Å². The molecule has 2 unspecified atom stereocenters. The first kappa shape index (κ1) is 10.1. The van der Waals surface area contributed by atoms with E-state index < -0.39 is 18.4 Å². The molecule has 0 radical (unpaired) electrons. The van der Waals surface area contributed by atoms with Crippen LogP contribution in [-0.4, -0.2) is 27.7 Å². The molecule has 4 nitrogen and oxygen atoms in total. The van der Waals surface area contributed by atoms with Gasteiger partial charge in [-0.15, -0.1) is 0 Å². The van der Waals surface area contributed by atoms with Crippen molar-refractivity contribution >= 4 is 0 Å². The molecule has 0 saturated carbocycles. The summed E-state index contributed by atoms with van der Waals surface area (Å²) in [6.45, 7) is 0. The van der Waals surface area contributed by atoms with Crippen molar-refractivity contribution in [3.8, 4) is 0 Å². The number of hydrogen-bond donors (Lipinski definition) is 4. The van der Waals surface area contributed by atoms with Crippen LogP contribution < -0.4 is 5.73 Å². The Morgan fingerprint density at radius 3 is 2.00 bits per heavy atom. The lowest BCUT2D eigenvalue weighted by atomic mass is 10.0. The zero-order chi connectivity index (χ0) is 9.84. The first-order chi connectivity index (χ1) is 6.13. The number of benzene rings is 1. The predicted molar refractivity (Wildman–Crippen MR) is 47.6 cm³/mol. The molecule has 0 bridgehead atoms. The van der Waals surface area contributed by atoms with Crippen LogP contribution in [0.5, 0.6) is 0 Å². The lowest BCUT2D eigenvalue weighted by Gasteiger charge is -2.20. The van der Waals surface area contributed by atoms with Crippen molar-refractivity contribution in [2.45, 2.75) is 18.4 Å². The number of aliphatic hydroxyl groups excluding tert-OH is 2. The molecule has 13 heavy (non-hydrogen) atoms. The van der Waals surface area contributed by atoms with E-state index in [0.717, 1.165) is 0 Å². The van der Waals surface area contributed by atoms with Crippen LogP contribution in [0, 0.1) is 0 Å². The SMILES string of the molecule is NC(c1ccccc1)C(O)C(O)O. The molecule has 0 fully saturated rings. The summed E-state index contributed by atoms with van der Waals surface area (Å²) in [6, 6.07) is 8.02. The van der Waals surface area contributed by atoms with Crippen molar-refractivity contribution in [1.82, 2.24) is 0 Å². The standard InChI is InChI=1S/C9H13NO3/c10-7(8(11)9(12)13)6-4-2-1-3-5-6/h1-5,7-9,11-13H,10H2. The molecule has 72 valence electrons. The van der Waals surface area contributed by atoms with Crippen molar-refractivity contribution in [2.75, 3.05) is 0 Å². The number of hydrogen-bond acceptors (Lipinski definition) is 4. The summed E-state index contributed by atoms with van der Waals surface area (Å²) in [5, 5.41) is 26.6. The van der Waals surface area contributed by atoms with E-state index in [4.69, 9.17) is 15.9 Å². The van der Waals surface area contributed by atoms with Crippen LogP contribution >= 0.6 is 0 Å². The first-order valence-electron chi connectivity index (χ1n) is 3.97. The highest BCUT2D eigenvalue weighted by atomic mass is 16.5. The van der Waals surface area contributed by atoms with Gasteiger partial charge in [0.05, 0.1) is 6.04 Å². The fraction of sp³-hybridized carbons (Fsp3) is 0.333. The fourth-order valence-electron chi connectivity index (χ4n) is 1.06. The molecule has 0 heterocycles. The third-order valence-corrected chi connectivity index (χ3v) is 1.86. The molecule has 1 rings (SSSR count). The highest BCUT2D eigenvalue weighted by Gasteiger charge is 2.22. The minimum absolute atomic E-state index is 0.670. The first-order valence-corrected chi connectivity index (χ1v) is 3.97. The minimum Gasteiger partial charge on any atom is -0.386 e. The van der Waals surface area contributed by atoms with Gasteiger partial charge >= 0.3 is 0 Å². The Balaban J connectivity index is 2.73. The molecule has 0 aliphatic rings. The minimum atomic E-state index is -1.81. The van der Waals surface area contributed by atoms with E-state index in [0.29, 0.717) is 5.56 Å². The Morgan fingerprint density at radius 2 is 1.54 bits per heavy atom. The predicted octanol–water partition coefficient (Wildman–Crippen LogP) is -0.642. The number of aliphatic hydroxyl groups is 3. The molecule has 0 aliphatic heterocycles. The molecule has 1 aromatic rings. The zero-order valence-corrected chi connectivity index (χ0v) is 7.04. The third kappa shape index (κ3) is 2.50. The van der Waals surface area contributed by atoms with E-state index in [9.17, 15) is 5.11 Å². The highest BCUT2D eigenvalue weighted by molar-refractivity contribution is 5.19. The van der Waals surface area contributed by atoms with Gasteiger partial charge in [-0.2, -0.15) is 0 Å². The van der Waals surface area contributed by atoms with E-state index in [1.165, 1.54) is 0 Å². The largest absolute Gasteiger partial charge is 0.386 e. The topological polar surface area (TPSA) is 86.7 Å². The summed E-state index contributed by atoms with van der Waals surface area (Å²) in [5.41, 5.74) is 6.24. The molecule has 0 saturated heterocycles. The van der Waals surface area contributed by atoms with E-state index in [-0.39, 0.29) is 0 Å². The summed E-state index contributed by atoms with van der Waals surface area (Å²) in [4.78, 5) is 0. The van der Waals surface area contributed by atoms with Gasteiger partial charge in [-0.3, -0.25) is 0 Å². The Morgan fingerprint density at radius 1 is 1.00 bits per heavy atom. The Hall–Kier alpha value is -0.940. The van der Waals surface area contributed by atoms with Gasteiger partial charge in [0.1, 0.15) is 6.10 Å². The molecule has 0 aliphatic carbocycles. The zero-order valence-electron chi connectivity index (χ0n) is 7.04. The Labute approximate surface area is 76.2 Å². The quantitative estimate of drug-likeness (QED) is 0.469. The normalized spacial score (nSPS) is 15.8. The molecular weight excluding hydrogens is 170 g/mol. The molecule has 1 aromatic carbocycles. The third-order valence-electron chi connectivity index (χ3n) is 1.86. The maximum Gasteiger partial charge on any atom is 0.180 e. The van der Waals surface area contributed by atoms with Gasteiger partial charge in [0, 0.05) is 0 Å². The van der Waals surface area contributed by atoms with Crippen LogP contribution in [0.3, 0.4) is 0 Å². The van der Waals surface area contributed by atoms with Gasteiger partial charge in [0.25, 0.3) is 0 Å². The molecule has 0 aromatic heterocycles. The van der Waals surface area contributed by atoms with Crippen LogP contribution in [0.4, 0.5) is 0 Å². The van der Waals surface area contributed by atoms with Crippen molar-refractivity contribution in [1.29, 1.82) is 0 Å². The maximum absolute atomic E-state index is 9.22. The maximum atomic E-state index is 9.22. The highest BCUT2D eigenvalue weighted by Crippen LogP contribution is 2.14. The van der Waals surface area contributed by atoms with E-state index in [1.54, 1.807) is 24.3 Å². The van der Waals surface area contributed by atoms with Crippen LogP contribution in [0.15, 0.2) is 30.3 Å². The van der Waals surface area contributed by atoms with Crippen LogP contribution in [-0.2, 0) is 0 Å². The van der Waals surface area contributed by atoms with Crippen molar-refractivity contribution in [3.63, 3.8) is 0 Å². The average molecular weight is 183 g/mol. The van der Waals surface area contributed by atoms with E-state index in [2.05, 4.69) is 0 Å². The van der Waals surface area contributed by atoms with Crippen LogP contribution in [0.2, 0.25) is 0 Å². The monoisotopic (exact) mass is 183 g/mol. The summed E-state index contributed by atoms with van der Waals surface area (Å²) in [6.07, 6.45) is -3.17.